The van der Waals surface area contributed by atoms with Crippen LogP contribution in [0.25, 0.3) is 5.57 Å². The maximum absolute atomic E-state index is 12.0. The number of aliphatic imine (C=N–C) groups is 1. The lowest BCUT2D eigenvalue weighted by atomic mass is 9.78. The number of carbonyl (C=O) groups excluding carboxylic acids is 2. The number of hydrogen-bond donors (Lipinski definition) is 0. The Morgan fingerprint density at radius 1 is 1.13 bits per heavy atom. The SMILES string of the molecule is CCC.CCOC(=O)/C=C/CC1=C(C)C2=CCC=CN=C2C(CC2CCN(C(C)=O)CC2)c2ccc(C)cc21. The highest BCUT2D eigenvalue weighted by molar-refractivity contribution is 6.12. The van der Waals surface area contributed by atoms with Gasteiger partial charge in [-0.15, -0.1) is 0 Å². The molecule has 0 aromatic heterocycles. The van der Waals surface area contributed by atoms with E-state index in [1.54, 1.807) is 13.0 Å². The average molecular weight is 531 g/mol. The number of rotatable bonds is 6. The number of carbonyl (C=O) groups is 2. The van der Waals surface area contributed by atoms with Gasteiger partial charge < -0.3 is 9.64 Å². The zero-order valence-electron chi connectivity index (χ0n) is 24.8. The van der Waals surface area contributed by atoms with E-state index in [9.17, 15) is 9.59 Å². The fourth-order valence-electron chi connectivity index (χ4n) is 5.71. The molecule has 0 saturated carbocycles. The van der Waals surface area contributed by atoms with Crippen molar-refractivity contribution in [2.45, 2.75) is 86.0 Å². The van der Waals surface area contributed by atoms with Crippen LogP contribution in [-0.2, 0) is 14.3 Å². The summed E-state index contributed by atoms with van der Waals surface area (Å²) in [6, 6.07) is 6.77. The quantitative estimate of drug-likeness (QED) is 0.279. The Balaban J connectivity index is 0.00000134. The molecule has 2 heterocycles. The lowest BCUT2D eigenvalue weighted by Crippen LogP contribution is -2.37. The standard InChI is InChI=1S/C31H38N2O3.C3H8/c1-5-36-30(35)11-8-10-25-22(3)26-9-6-7-16-32-31(26)29(27-13-12-21(2)19-28(25)27)20-24-14-17-33(18-15-24)23(4)34;1-3-2/h7-9,11-13,16,19,24,29H,5-6,10,14-15,17-18,20H2,1-4H3;3H2,1-2H3/b11-8+;. The maximum Gasteiger partial charge on any atom is 0.330 e. The molecule has 2 aliphatic heterocycles. The Labute approximate surface area is 235 Å². The molecule has 5 nitrogen and oxygen atoms in total. The van der Waals surface area contributed by atoms with Crippen LogP contribution in [0, 0.1) is 12.8 Å². The first-order valence-corrected chi connectivity index (χ1v) is 14.6. The van der Waals surface area contributed by atoms with Crippen molar-refractivity contribution < 1.29 is 14.3 Å². The summed E-state index contributed by atoms with van der Waals surface area (Å²) in [6.07, 6.45) is 15.7. The Kier molecular flexibility index (Phi) is 11.5. The van der Waals surface area contributed by atoms with E-state index in [4.69, 9.17) is 9.73 Å². The predicted octanol–water partition coefficient (Wildman–Crippen LogP) is 7.72. The monoisotopic (exact) mass is 530 g/mol. The molecule has 210 valence electrons. The van der Waals surface area contributed by atoms with Crippen molar-refractivity contribution in [3.05, 3.63) is 76.5 Å². The van der Waals surface area contributed by atoms with Gasteiger partial charge in [-0.05, 0) is 86.6 Å². The van der Waals surface area contributed by atoms with E-state index >= 15 is 0 Å². The molecule has 1 aliphatic carbocycles. The van der Waals surface area contributed by atoms with Crippen molar-refractivity contribution in [2.75, 3.05) is 19.7 Å². The fraction of sp³-hybridized carbons (Fsp3) is 0.500. The fourth-order valence-corrected chi connectivity index (χ4v) is 5.71. The zero-order valence-corrected chi connectivity index (χ0v) is 24.8. The van der Waals surface area contributed by atoms with Gasteiger partial charge in [0.15, 0.2) is 0 Å². The summed E-state index contributed by atoms with van der Waals surface area (Å²) >= 11 is 0. The molecule has 0 spiro atoms. The molecule has 1 aromatic rings. The molecule has 1 aromatic carbocycles. The molecule has 1 saturated heterocycles. The lowest BCUT2D eigenvalue weighted by molar-refractivity contribution is -0.137. The molecule has 1 amide bonds. The molecular formula is C34H46N2O3. The highest BCUT2D eigenvalue weighted by Gasteiger charge is 2.33. The smallest absolute Gasteiger partial charge is 0.330 e. The topological polar surface area (TPSA) is 59.0 Å². The molecule has 4 rings (SSSR count). The number of esters is 1. The Bertz CT molecular complexity index is 1180. The minimum absolute atomic E-state index is 0.174. The van der Waals surface area contributed by atoms with Gasteiger partial charge in [0, 0.05) is 38.2 Å². The van der Waals surface area contributed by atoms with Crippen LogP contribution in [0.4, 0.5) is 0 Å². The van der Waals surface area contributed by atoms with Gasteiger partial charge >= 0.3 is 5.97 Å². The number of nitrogens with zero attached hydrogens (tertiary/aromatic N) is 2. The van der Waals surface area contributed by atoms with Crippen LogP contribution in [0.1, 0.15) is 95.8 Å². The maximum atomic E-state index is 12.0. The van der Waals surface area contributed by atoms with Crippen molar-refractivity contribution in [1.29, 1.82) is 0 Å². The lowest BCUT2D eigenvalue weighted by Gasteiger charge is -2.34. The predicted molar refractivity (Wildman–Crippen MR) is 162 cm³/mol. The summed E-state index contributed by atoms with van der Waals surface area (Å²) in [7, 11) is 0. The molecule has 0 N–H and O–H groups in total. The van der Waals surface area contributed by atoms with E-state index in [0.717, 1.165) is 44.5 Å². The molecule has 3 aliphatic rings. The van der Waals surface area contributed by atoms with Gasteiger partial charge in [-0.25, -0.2) is 4.79 Å². The minimum Gasteiger partial charge on any atom is -0.463 e. The van der Waals surface area contributed by atoms with Gasteiger partial charge in [-0.3, -0.25) is 9.79 Å². The summed E-state index contributed by atoms with van der Waals surface area (Å²) in [4.78, 5) is 30.8. The third-order valence-electron chi connectivity index (χ3n) is 7.64. The van der Waals surface area contributed by atoms with Gasteiger partial charge in [0.2, 0.25) is 5.91 Å². The number of aryl methyl sites for hydroxylation is 1. The van der Waals surface area contributed by atoms with E-state index in [0.29, 0.717) is 18.9 Å². The zero-order chi connectivity index (χ0) is 28.4. The molecule has 1 unspecified atom stereocenters. The number of benzene rings is 1. The van der Waals surface area contributed by atoms with Crippen molar-refractivity contribution in [3.8, 4) is 0 Å². The third kappa shape index (κ3) is 7.90. The number of amides is 1. The van der Waals surface area contributed by atoms with Crippen LogP contribution >= 0.6 is 0 Å². The summed E-state index contributed by atoms with van der Waals surface area (Å²) in [5.74, 6) is 0.600. The van der Waals surface area contributed by atoms with Crippen molar-refractivity contribution in [3.63, 3.8) is 0 Å². The number of hydrogen-bond acceptors (Lipinski definition) is 4. The van der Waals surface area contributed by atoms with Crippen molar-refractivity contribution in [2.24, 2.45) is 10.9 Å². The van der Waals surface area contributed by atoms with Gasteiger partial charge in [-0.1, -0.05) is 62.3 Å². The molecule has 1 atom stereocenters. The van der Waals surface area contributed by atoms with Crippen molar-refractivity contribution >= 4 is 23.2 Å². The molecule has 0 bridgehead atoms. The second kappa shape index (κ2) is 14.8. The van der Waals surface area contributed by atoms with Crippen LogP contribution in [0.15, 0.2) is 64.8 Å². The van der Waals surface area contributed by atoms with Gasteiger partial charge in [-0.2, -0.15) is 0 Å². The Morgan fingerprint density at radius 2 is 1.85 bits per heavy atom. The molecule has 0 radical (unpaired) electrons. The van der Waals surface area contributed by atoms with E-state index < -0.39 is 0 Å². The molecule has 5 heteroatoms. The largest absolute Gasteiger partial charge is 0.463 e. The molecule has 1 fully saturated rings. The number of ether oxygens (including phenoxy) is 1. The van der Waals surface area contributed by atoms with Crippen LogP contribution in [-0.4, -0.2) is 42.2 Å². The normalized spacial score (nSPS) is 19.2. The Hall–Kier alpha value is -3.21. The highest BCUT2D eigenvalue weighted by atomic mass is 16.5. The van der Waals surface area contributed by atoms with E-state index in [-0.39, 0.29) is 17.8 Å². The Morgan fingerprint density at radius 3 is 2.51 bits per heavy atom. The first kappa shape index (κ1) is 30.3. The summed E-state index contributed by atoms with van der Waals surface area (Å²) in [5, 5.41) is 0. The minimum atomic E-state index is -0.302. The number of likely N-dealkylation sites (tertiary alicyclic amines) is 1. The van der Waals surface area contributed by atoms with Gasteiger partial charge in [0.05, 0.1) is 12.3 Å². The number of allylic oxidation sites excluding steroid dienone is 6. The third-order valence-corrected chi connectivity index (χ3v) is 7.64. The number of piperidine rings is 1. The van der Waals surface area contributed by atoms with Crippen LogP contribution in [0.3, 0.4) is 0 Å². The van der Waals surface area contributed by atoms with Crippen molar-refractivity contribution in [1.82, 2.24) is 4.90 Å². The van der Waals surface area contributed by atoms with Crippen LogP contribution in [0.5, 0.6) is 0 Å². The van der Waals surface area contributed by atoms with Crippen LogP contribution in [0.2, 0.25) is 0 Å². The van der Waals surface area contributed by atoms with Crippen LogP contribution < -0.4 is 0 Å². The van der Waals surface area contributed by atoms with E-state index in [1.807, 2.05) is 24.1 Å². The van der Waals surface area contributed by atoms with E-state index in [2.05, 4.69) is 58.0 Å². The molecular weight excluding hydrogens is 484 g/mol. The second-order valence-corrected chi connectivity index (χ2v) is 10.8. The highest BCUT2D eigenvalue weighted by Crippen LogP contribution is 2.44. The van der Waals surface area contributed by atoms with E-state index in [1.165, 1.54) is 39.8 Å². The summed E-state index contributed by atoms with van der Waals surface area (Å²) in [6.45, 7) is 14.1. The molecule has 39 heavy (non-hydrogen) atoms. The average Bonchev–Trinajstić information content (AvgIpc) is 3.20. The second-order valence-electron chi connectivity index (χ2n) is 10.8. The first-order valence-electron chi connectivity index (χ1n) is 14.6. The number of fused-ring (bicyclic) bond motifs is 2. The van der Waals surface area contributed by atoms with Gasteiger partial charge in [0.1, 0.15) is 0 Å². The summed E-state index contributed by atoms with van der Waals surface area (Å²) in [5.41, 5.74) is 8.62. The van der Waals surface area contributed by atoms with Gasteiger partial charge in [0.25, 0.3) is 0 Å². The summed E-state index contributed by atoms with van der Waals surface area (Å²) < 4.78 is 5.09. The first-order chi connectivity index (χ1) is 18.8.